The molecule has 0 unspecified atom stereocenters. The maximum absolute atomic E-state index is 9.35. The monoisotopic (exact) mass is 113 g/mol. The Hall–Kier alpha value is 0.0100. The smallest absolute Gasteiger partial charge is 0.370 e. The van der Waals surface area contributed by atoms with Crippen LogP contribution in [-0.4, -0.2) is 45.7 Å². The summed E-state index contributed by atoms with van der Waals surface area (Å²) in [6.45, 7) is 2.71. The van der Waals surface area contributed by atoms with E-state index in [-0.39, 0.29) is 31.0 Å². The molecule has 0 aromatic heterocycles. The molecule has 0 atom stereocenters. The molecule has 0 fully saturated rings. The Morgan fingerprint density at radius 3 is 1.71 bits per heavy atom. The molecular formula is C3H6NaO3. The van der Waals surface area contributed by atoms with Crippen LogP contribution in [0.2, 0.25) is 0 Å². The number of carbonyl (C=O) groups is 1. The molecule has 0 aromatic carbocycles. The van der Waals surface area contributed by atoms with E-state index in [2.05, 4.69) is 6.58 Å². The third kappa shape index (κ3) is 6.01. The van der Waals surface area contributed by atoms with E-state index in [4.69, 9.17) is 10.2 Å². The number of carboxylic acids is 1. The van der Waals surface area contributed by atoms with Crippen LogP contribution in [0.25, 0.3) is 0 Å². The van der Waals surface area contributed by atoms with E-state index in [9.17, 15) is 4.79 Å². The zero-order valence-corrected chi connectivity index (χ0v) is 6.01. The number of rotatable bonds is 1. The Kier molecular flexibility index (Phi) is 6.02. The van der Waals surface area contributed by atoms with Gasteiger partial charge in [0, 0.05) is 31.0 Å². The first-order chi connectivity index (χ1) is 2.64. The van der Waals surface area contributed by atoms with Crippen molar-refractivity contribution in [2.75, 3.05) is 0 Å². The molecule has 0 bridgehead atoms. The van der Waals surface area contributed by atoms with E-state index in [1.165, 1.54) is 0 Å². The summed E-state index contributed by atoms with van der Waals surface area (Å²) in [6.07, 6.45) is 0. The Morgan fingerprint density at radius 1 is 1.57 bits per heavy atom. The second kappa shape index (κ2) is 4.18. The number of aliphatic hydroxyl groups excluding tert-OH is 1. The largest absolute Gasteiger partial charge is 0.502 e. The summed E-state index contributed by atoms with van der Waals surface area (Å²) < 4.78 is 0. The predicted octanol–water partition coefficient (Wildman–Crippen LogP) is 0.00790. The molecule has 2 N–H and O–H groups in total. The van der Waals surface area contributed by atoms with Gasteiger partial charge in [0.15, 0.2) is 5.76 Å². The van der Waals surface area contributed by atoms with Gasteiger partial charge in [0.2, 0.25) is 0 Å². The second-order valence-electron chi connectivity index (χ2n) is 0.752. The molecule has 0 spiro atoms. The molecule has 0 amide bonds. The van der Waals surface area contributed by atoms with Crippen LogP contribution in [0.1, 0.15) is 1.43 Å². The van der Waals surface area contributed by atoms with Crippen LogP contribution in [0.4, 0.5) is 0 Å². The maximum atomic E-state index is 9.35. The van der Waals surface area contributed by atoms with Crippen molar-refractivity contribution in [3.05, 3.63) is 12.3 Å². The minimum atomic E-state index is -1.38. The number of hydrogen-bond acceptors (Lipinski definition) is 2. The van der Waals surface area contributed by atoms with Gasteiger partial charge in [-0.05, 0) is 6.58 Å². The van der Waals surface area contributed by atoms with Gasteiger partial charge in [0.05, 0.1) is 0 Å². The van der Waals surface area contributed by atoms with Crippen LogP contribution in [-0.2, 0) is 4.79 Å². The average Bonchev–Trinajstić information content (AvgIpc) is 1.36. The molecule has 3 nitrogen and oxygen atoms in total. The van der Waals surface area contributed by atoms with Gasteiger partial charge in [-0.3, -0.25) is 0 Å². The zero-order valence-electron chi connectivity index (χ0n) is 4.01. The molecule has 0 heterocycles. The van der Waals surface area contributed by atoms with Crippen molar-refractivity contribution in [3.63, 3.8) is 0 Å². The van der Waals surface area contributed by atoms with Gasteiger partial charge < -0.3 is 10.2 Å². The fourth-order valence-electron chi connectivity index (χ4n) is 0. The summed E-state index contributed by atoms with van der Waals surface area (Å²) >= 11 is 0. The van der Waals surface area contributed by atoms with Crippen molar-refractivity contribution in [2.24, 2.45) is 0 Å². The molecule has 0 saturated heterocycles. The van der Waals surface area contributed by atoms with Gasteiger partial charge in [-0.1, -0.05) is 0 Å². The number of carboxylic acid groups (broad SMARTS) is 1. The Morgan fingerprint density at radius 2 is 1.71 bits per heavy atom. The fraction of sp³-hybridized carbons (Fsp3) is 0. The average molecular weight is 113 g/mol. The van der Waals surface area contributed by atoms with Gasteiger partial charge in [0.1, 0.15) is 0 Å². The molecule has 0 rings (SSSR count). The van der Waals surface area contributed by atoms with Gasteiger partial charge in [0.25, 0.3) is 0 Å². The summed E-state index contributed by atoms with van der Waals surface area (Å²) in [4.78, 5) is 9.35. The summed E-state index contributed by atoms with van der Waals surface area (Å²) in [6, 6.07) is 0. The topological polar surface area (TPSA) is 57.5 Å². The van der Waals surface area contributed by atoms with Gasteiger partial charge >= 0.3 is 5.97 Å². The fourth-order valence-corrected chi connectivity index (χ4v) is 0. The van der Waals surface area contributed by atoms with Crippen LogP contribution < -0.4 is 0 Å². The molecule has 0 aliphatic heterocycles. The van der Waals surface area contributed by atoms with Crippen LogP contribution in [0.3, 0.4) is 0 Å². The summed E-state index contributed by atoms with van der Waals surface area (Å²) in [5.41, 5.74) is 0. The van der Waals surface area contributed by atoms with E-state index in [1.807, 2.05) is 0 Å². The third-order valence-electron chi connectivity index (χ3n) is 0.247. The van der Waals surface area contributed by atoms with Crippen LogP contribution in [0, 0.1) is 0 Å². The first-order valence-electron chi connectivity index (χ1n) is 1.25. The van der Waals surface area contributed by atoms with E-state index in [1.54, 1.807) is 0 Å². The van der Waals surface area contributed by atoms with E-state index < -0.39 is 11.7 Å². The quantitative estimate of drug-likeness (QED) is 0.286. The van der Waals surface area contributed by atoms with E-state index in [0.717, 1.165) is 0 Å². The Balaban J connectivity index is -0.000000125. The molecular weight excluding hydrogens is 107 g/mol. The van der Waals surface area contributed by atoms with Gasteiger partial charge in [-0.2, -0.15) is 0 Å². The van der Waals surface area contributed by atoms with Crippen molar-refractivity contribution in [1.29, 1.82) is 0 Å². The van der Waals surface area contributed by atoms with Crippen LogP contribution in [0.5, 0.6) is 0 Å². The summed E-state index contributed by atoms with van der Waals surface area (Å²) in [5.74, 6) is -2.20. The zero-order chi connectivity index (χ0) is 5.15. The maximum Gasteiger partial charge on any atom is 0.370 e. The standard InChI is InChI=1S/C3H4O3.Na.H2/c1-2(4)3(5)6;;/h4H,1H2,(H,5,6);;1H. The molecule has 0 aromatic rings. The molecule has 7 heavy (non-hydrogen) atoms. The third-order valence-corrected chi connectivity index (χ3v) is 0.247. The van der Waals surface area contributed by atoms with Crippen molar-refractivity contribution in [1.82, 2.24) is 0 Å². The van der Waals surface area contributed by atoms with Crippen molar-refractivity contribution in [3.8, 4) is 0 Å². The number of aliphatic hydroxyl groups is 1. The normalized spacial score (nSPS) is 6.29. The van der Waals surface area contributed by atoms with Crippen molar-refractivity contribution < 1.29 is 16.4 Å². The number of hydrogen-bond donors (Lipinski definition) is 2. The predicted molar refractivity (Wildman–Crippen MR) is 27.3 cm³/mol. The van der Waals surface area contributed by atoms with Crippen LogP contribution in [0.15, 0.2) is 12.3 Å². The first-order valence-corrected chi connectivity index (χ1v) is 1.25. The molecule has 0 aliphatic carbocycles. The summed E-state index contributed by atoms with van der Waals surface area (Å²) in [5, 5.41) is 15.5. The second-order valence-corrected chi connectivity index (χ2v) is 0.752. The summed E-state index contributed by atoms with van der Waals surface area (Å²) in [7, 11) is 0. The molecule has 37 valence electrons. The van der Waals surface area contributed by atoms with Crippen molar-refractivity contribution in [2.45, 2.75) is 0 Å². The minimum absolute atomic E-state index is 0. The van der Waals surface area contributed by atoms with E-state index >= 15 is 0 Å². The minimum Gasteiger partial charge on any atom is -0.502 e. The SMILES string of the molecule is C=C(O)C(=O)O.[HH].[Na]. The van der Waals surface area contributed by atoms with Gasteiger partial charge in [-0.15, -0.1) is 0 Å². The molecule has 4 heteroatoms. The number of aliphatic carboxylic acids is 1. The van der Waals surface area contributed by atoms with Crippen LogP contribution >= 0.6 is 0 Å². The molecule has 0 saturated carbocycles. The molecule has 0 aliphatic rings. The van der Waals surface area contributed by atoms with E-state index in [0.29, 0.717) is 0 Å². The molecule has 1 radical (unpaired) electrons. The first kappa shape index (κ1) is 10.1. The Labute approximate surface area is 64.4 Å². The Bertz CT molecular complexity index is 80.5. The van der Waals surface area contributed by atoms with Crippen molar-refractivity contribution >= 4 is 35.5 Å². The van der Waals surface area contributed by atoms with Gasteiger partial charge in [-0.25, -0.2) is 4.79 Å².